The molecule has 6 nitrogen and oxygen atoms in total. The molecule has 6 heteroatoms. The van der Waals surface area contributed by atoms with Gasteiger partial charge < -0.3 is 19.7 Å². The topological polar surface area (TPSA) is 59.5 Å². The van der Waals surface area contributed by atoms with E-state index in [1.54, 1.807) is 13.3 Å². The summed E-state index contributed by atoms with van der Waals surface area (Å²) < 4.78 is 10.7. The number of nitrogens with one attached hydrogen (secondary N) is 1. The van der Waals surface area contributed by atoms with Crippen LogP contribution in [0.1, 0.15) is 5.56 Å². The van der Waals surface area contributed by atoms with Crippen molar-refractivity contribution in [2.75, 3.05) is 43.6 Å². The normalized spacial score (nSPS) is 14.7. The summed E-state index contributed by atoms with van der Waals surface area (Å²) in [4.78, 5) is 11.1. The molecule has 116 valence electrons. The van der Waals surface area contributed by atoms with Crippen molar-refractivity contribution >= 4 is 17.5 Å². The summed E-state index contributed by atoms with van der Waals surface area (Å²) in [5.41, 5.74) is 2.01. The molecule has 3 rings (SSSR count). The van der Waals surface area contributed by atoms with Gasteiger partial charge in [-0.05, 0) is 30.7 Å². The van der Waals surface area contributed by atoms with Gasteiger partial charge in [0.2, 0.25) is 5.95 Å². The number of nitrogens with zero attached hydrogens (tertiary/aromatic N) is 3. The van der Waals surface area contributed by atoms with Gasteiger partial charge in [0.15, 0.2) is 0 Å². The molecule has 1 aromatic heterocycles. The molecule has 1 fully saturated rings. The van der Waals surface area contributed by atoms with Gasteiger partial charge in [0.05, 0.1) is 26.0 Å². The largest absolute Gasteiger partial charge is 0.495 e. The molecule has 0 radical (unpaired) electrons. The Bertz CT molecular complexity index is 642. The van der Waals surface area contributed by atoms with Gasteiger partial charge in [0, 0.05) is 19.3 Å². The zero-order chi connectivity index (χ0) is 15.4. The molecule has 1 aromatic carbocycles. The lowest BCUT2D eigenvalue weighted by Gasteiger charge is -2.27. The maximum absolute atomic E-state index is 5.37. The van der Waals surface area contributed by atoms with E-state index in [0.717, 1.165) is 49.1 Å². The van der Waals surface area contributed by atoms with Crippen LogP contribution in [-0.4, -0.2) is 43.4 Å². The molecule has 0 spiro atoms. The molecule has 1 aliphatic rings. The minimum absolute atomic E-state index is 0.563. The van der Waals surface area contributed by atoms with E-state index in [1.807, 2.05) is 31.2 Å². The van der Waals surface area contributed by atoms with Gasteiger partial charge in [-0.1, -0.05) is 6.07 Å². The molecule has 22 heavy (non-hydrogen) atoms. The number of aryl methyl sites for hydroxylation is 1. The van der Waals surface area contributed by atoms with E-state index in [9.17, 15) is 0 Å². The van der Waals surface area contributed by atoms with Crippen molar-refractivity contribution in [1.82, 2.24) is 9.97 Å². The second kappa shape index (κ2) is 6.62. The first-order valence-electron chi connectivity index (χ1n) is 7.33. The lowest BCUT2D eigenvalue weighted by atomic mass is 10.2. The second-order valence-electron chi connectivity index (χ2n) is 5.17. The van der Waals surface area contributed by atoms with Gasteiger partial charge in [0.1, 0.15) is 11.6 Å². The smallest absolute Gasteiger partial charge is 0.229 e. The molecule has 1 saturated heterocycles. The molecule has 2 aromatic rings. The molecule has 0 atom stereocenters. The Hall–Kier alpha value is -2.34. The molecular formula is C16H20N4O2. The minimum atomic E-state index is 0.563. The Morgan fingerprint density at radius 2 is 2.05 bits per heavy atom. The van der Waals surface area contributed by atoms with Crippen molar-refractivity contribution in [3.63, 3.8) is 0 Å². The van der Waals surface area contributed by atoms with Gasteiger partial charge >= 0.3 is 0 Å². The third kappa shape index (κ3) is 3.28. The van der Waals surface area contributed by atoms with Gasteiger partial charge in [-0.15, -0.1) is 0 Å². The van der Waals surface area contributed by atoms with Crippen LogP contribution in [0.3, 0.4) is 0 Å². The first-order chi connectivity index (χ1) is 10.8. The number of aromatic nitrogens is 2. The predicted molar refractivity (Wildman–Crippen MR) is 86.1 cm³/mol. The summed E-state index contributed by atoms with van der Waals surface area (Å²) in [5.74, 6) is 2.24. The number of morpholine rings is 1. The predicted octanol–water partition coefficient (Wildman–Crippen LogP) is 2.37. The molecule has 0 unspecified atom stereocenters. The molecule has 0 amide bonds. The lowest BCUT2D eigenvalue weighted by Crippen LogP contribution is -2.36. The number of methoxy groups -OCH3 is 1. The van der Waals surface area contributed by atoms with Gasteiger partial charge in [-0.3, -0.25) is 0 Å². The van der Waals surface area contributed by atoms with Crippen LogP contribution >= 0.6 is 0 Å². The fraction of sp³-hybridized carbons (Fsp3) is 0.375. The quantitative estimate of drug-likeness (QED) is 0.935. The van der Waals surface area contributed by atoms with Gasteiger partial charge in [-0.2, -0.15) is 4.98 Å². The zero-order valence-electron chi connectivity index (χ0n) is 12.9. The van der Waals surface area contributed by atoms with Crippen LogP contribution in [0.4, 0.5) is 17.5 Å². The summed E-state index contributed by atoms with van der Waals surface area (Å²) >= 11 is 0. The molecule has 1 N–H and O–H groups in total. The Morgan fingerprint density at radius 3 is 2.82 bits per heavy atom. The van der Waals surface area contributed by atoms with E-state index in [1.165, 1.54) is 0 Å². The number of hydrogen-bond acceptors (Lipinski definition) is 6. The third-order valence-electron chi connectivity index (χ3n) is 3.58. The summed E-state index contributed by atoms with van der Waals surface area (Å²) in [6.07, 6.45) is 1.77. The van der Waals surface area contributed by atoms with Crippen LogP contribution in [0, 0.1) is 6.92 Å². The van der Waals surface area contributed by atoms with Crippen molar-refractivity contribution in [3.05, 3.63) is 36.0 Å². The Kier molecular flexibility index (Phi) is 4.39. The molecular weight excluding hydrogens is 280 g/mol. The Balaban J connectivity index is 1.82. The standard InChI is InChI=1S/C16H20N4O2/c1-12-3-4-14(21-2)13(11-12)18-16-17-6-5-15(19-16)20-7-9-22-10-8-20/h3-6,11H,7-10H2,1-2H3,(H,17,18,19). The molecule has 2 heterocycles. The van der Waals surface area contributed by atoms with Crippen LogP contribution in [0.2, 0.25) is 0 Å². The molecule has 0 saturated carbocycles. The van der Waals surface area contributed by atoms with Crippen LogP contribution in [0.25, 0.3) is 0 Å². The number of hydrogen-bond donors (Lipinski definition) is 1. The fourth-order valence-corrected chi connectivity index (χ4v) is 2.42. The van der Waals surface area contributed by atoms with Crippen molar-refractivity contribution in [1.29, 1.82) is 0 Å². The summed E-state index contributed by atoms with van der Waals surface area (Å²) in [7, 11) is 1.65. The van der Waals surface area contributed by atoms with Crippen LogP contribution in [0.15, 0.2) is 30.5 Å². The molecule has 1 aliphatic heterocycles. The Morgan fingerprint density at radius 1 is 1.23 bits per heavy atom. The van der Waals surface area contributed by atoms with E-state index < -0.39 is 0 Å². The van der Waals surface area contributed by atoms with E-state index in [4.69, 9.17) is 9.47 Å². The van der Waals surface area contributed by atoms with E-state index in [2.05, 4.69) is 20.2 Å². The van der Waals surface area contributed by atoms with Crippen LogP contribution in [-0.2, 0) is 4.74 Å². The number of ether oxygens (including phenoxy) is 2. The third-order valence-corrected chi connectivity index (χ3v) is 3.58. The number of anilines is 3. The highest BCUT2D eigenvalue weighted by molar-refractivity contribution is 5.64. The highest BCUT2D eigenvalue weighted by Gasteiger charge is 2.13. The summed E-state index contributed by atoms with van der Waals surface area (Å²) in [6.45, 7) is 5.21. The first kappa shape index (κ1) is 14.6. The van der Waals surface area contributed by atoms with Crippen LogP contribution in [0.5, 0.6) is 5.75 Å². The SMILES string of the molecule is COc1ccc(C)cc1Nc1nccc(N2CCOCC2)n1. The van der Waals surface area contributed by atoms with Crippen molar-refractivity contribution in [3.8, 4) is 5.75 Å². The lowest BCUT2D eigenvalue weighted by molar-refractivity contribution is 0.122. The fourth-order valence-electron chi connectivity index (χ4n) is 2.42. The van der Waals surface area contributed by atoms with Crippen molar-refractivity contribution in [2.45, 2.75) is 6.92 Å². The second-order valence-corrected chi connectivity index (χ2v) is 5.17. The zero-order valence-corrected chi connectivity index (χ0v) is 12.9. The Labute approximate surface area is 130 Å². The first-order valence-corrected chi connectivity index (χ1v) is 7.33. The summed E-state index contributed by atoms with van der Waals surface area (Å²) in [6, 6.07) is 7.88. The average Bonchev–Trinajstić information content (AvgIpc) is 2.56. The maximum Gasteiger partial charge on any atom is 0.229 e. The van der Waals surface area contributed by atoms with Gasteiger partial charge in [0.25, 0.3) is 0 Å². The minimum Gasteiger partial charge on any atom is -0.495 e. The maximum atomic E-state index is 5.37. The molecule has 0 aliphatic carbocycles. The monoisotopic (exact) mass is 300 g/mol. The average molecular weight is 300 g/mol. The van der Waals surface area contributed by atoms with Crippen LogP contribution < -0.4 is 15.0 Å². The van der Waals surface area contributed by atoms with Crippen molar-refractivity contribution < 1.29 is 9.47 Å². The van der Waals surface area contributed by atoms with E-state index in [-0.39, 0.29) is 0 Å². The number of benzene rings is 1. The van der Waals surface area contributed by atoms with Gasteiger partial charge in [-0.25, -0.2) is 4.98 Å². The van der Waals surface area contributed by atoms with E-state index >= 15 is 0 Å². The van der Waals surface area contributed by atoms with E-state index in [0.29, 0.717) is 5.95 Å². The highest BCUT2D eigenvalue weighted by atomic mass is 16.5. The number of rotatable bonds is 4. The molecule has 0 bridgehead atoms. The van der Waals surface area contributed by atoms with Crippen molar-refractivity contribution in [2.24, 2.45) is 0 Å². The summed E-state index contributed by atoms with van der Waals surface area (Å²) in [5, 5.41) is 3.24. The highest BCUT2D eigenvalue weighted by Crippen LogP contribution is 2.27.